The number of carbonyl (C=O) groups excluding carboxylic acids is 1. The molecule has 0 bridgehead atoms. The maximum Gasteiger partial charge on any atom is 0.245 e. The van der Waals surface area contributed by atoms with E-state index in [1.165, 1.54) is 11.3 Å². The largest absolute Gasteiger partial charge is 0.323 e. The quantitative estimate of drug-likeness (QED) is 0.828. The third-order valence-corrected chi connectivity index (χ3v) is 5.82. The zero-order valence-electron chi connectivity index (χ0n) is 14.5. The van der Waals surface area contributed by atoms with Gasteiger partial charge in [0.2, 0.25) is 5.91 Å². The minimum atomic E-state index is -0.182. The highest BCUT2D eigenvalue weighted by Gasteiger charge is 2.57. The smallest absolute Gasteiger partial charge is 0.245 e. The van der Waals surface area contributed by atoms with Crippen LogP contribution in [0.2, 0.25) is 0 Å². The van der Waals surface area contributed by atoms with Crippen molar-refractivity contribution in [3.05, 3.63) is 59.8 Å². The fourth-order valence-corrected chi connectivity index (χ4v) is 4.57. The normalized spacial score (nSPS) is 36.5. The topological polar surface area (TPSA) is 50.9 Å². The molecule has 1 aliphatic carbocycles. The standard InChI is InChI=1S/C19H23N5O/c1-12-20-17-16(23(12)11-13-7-4-3-5-8-13)18(25)22(2)19-21-14-9-6-10-15(14)24(17)19/h3-10,12,14,16-17,19-21H,11H2,1-2H3/t12-,14?,16?,17?,19?/m0/s1. The first-order chi connectivity index (χ1) is 12.1. The van der Waals surface area contributed by atoms with Crippen LogP contribution in [0.3, 0.4) is 0 Å². The molecule has 3 aliphatic heterocycles. The van der Waals surface area contributed by atoms with Crippen LogP contribution >= 0.6 is 0 Å². The first kappa shape index (κ1) is 15.1. The van der Waals surface area contributed by atoms with Gasteiger partial charge in [-0.15, -0.1) is 0 Å². The van der Waals surface area contributed by atoms with Gasteiger partial charge in [0, 0.05) is 19.3 Å². The van der Waals surface area contributed by atoms with Crippen molar-refractivity contribution in [1.82, 2.24) is 25.3 Å². The third-order valence-electron chi connectivity index (χ3n) is 5.82. The molecule has 3 saturated heterocycles. The molecular formula is C19H23N5O. The van der Waals surface area contributed by atoms with Crippen molar-refractivity contribution >= 4 is 5.91 Å². The minimum Gasteiger partial charge on any atom is -0.323 e. The van der Waals surface area contributed by atoms with Crippen LogP contribution in [-0.4, -0.2) is 58.4 Å². The lowest BCUT2D eigenvalue weighted by atomic mass is 10.1. The second-order valence-electron chi connectivity index (χ2n) is 7.24. The third kappa shape index (κ3) is 2.11. The summed E-state index contributed by atoms with van der Waals surface area (Å²) in [5.74, 6) is 0.177. The predicted molar refractivity (Wildman–Crippen MR) is 94.7 cm³/mol. The van der Waals surface area contributed by atoms with Crippen molar-refractivity contribution in [2.45, 2.75) is 44.2 Å². The Morgan fingerprint density at radius 2 is 1.96 bits per heavy atom. The number of hydrogen-bond donors (Lipinski definition) is 2. The SMILES string of the molecule is C[C@H]1NC2C(C(=O)N(C)C3NC4C=CC=C4N23)N1Cc1ccccc1. The molecule has 4 unspecified atom stereocenters. The van der Waals surface area contributed by atoms with Gasteiger partial charge >= 0.3 is 0 Å². The van der Waals surface area contributed by atoms with Crippen molar-refractivity contribution in [3.8, 4) is 0 Å². The van der Waals surface area contributed by atoms with Gasteiger partial charge in [-0.05, 0) is 18.6 Å². The summed E-state index contributed by atoms with van der Waals surface area (Å²) in [5, 5.41) is 7.20. The van der Waals surface area contributed by atoms with E-state index in [1.807, 2.05) is 18.0 Å². The van der Waals surface area contributed by atoms with E-state index in [0.717, 1.165) is 6.54 Å². The number of likely N-dealkylation sites (N-methyl/N-ethyl adjacent to an activating group) is 1. The molecule has 0 aromatic heterocycles. The van der Waals surface area contributed by atoms with Crippen molar-refractivity contribution in [1.29, 1.82) is 0 Å². The zero-order valence-corrected chi connectivity index (χ0v) is 14.5. The van der Waals surface area contributed by atoms with Gasteiger partial charge in [-0.2, -0.15) is 0 Å². The molecule has 0 spiro atoms. The Balaban J connectivity index is 1.49. The molecule has 0 radical (unpaired) electrons. The van der Waals surface area contributed by atoms with Gasteiger partial charge in [-0.3, -0.25) is 20.3 Å². The number of amides is 1. The summed E-state index contributed by atoms with van der Waals surface area (Å²) in [5.41, 5.74) is 2.48. The van der Waals surface area contributed by atoms with Crippen LogP contribution in [-0.2, 0) is 11.3 Å². The highest BCUT2D eigenvalue weighted by atomic mass is 16.2. The summed E-state index contributed by atoms with van der Waals surface area (Å²) in [7, 11) is 1.90. The highest BCUT2D eigenvalue weighted by Crippen LogP contribution is 2.37. The molecule has 3 heterocycles. The monoisotopic (exact) mass is 337 g/mol. The van der Waals surface area contributed by atoms with Gasteiger partial charge in [0.1, 0.15) is 12.2 Å². The number of fused-ring (bicyclic) bond motifs is 5. The minimum absolute atomic E-state index is 0.00365. The molecular weight excluding hydrogens is 314 g/mol. The number of nitrogens with zero attached hydrogens (tertiary/aromatic N) is 3. The Morgan fingerprint density at radius 3 is 2.76 bits per heavy atom. The predicted octanol–water partition coefficient (Wildman–Crippen LogP) is 0.616. The number of hydrogen-bond acceptors (Lipinski definition) is 5. The summed E-state index contributed by atoms with van der Waals surface area (Å²) in [6.07, 6.45) is 6.46. The lowest BCUT2D eigenvalue weighted by molar-refractivity contribution is -0.150. The molecule has 25 heavy (non-hydrogen) atoms. The van der Waals surface area contributed by atoms with E-state index < -0.39 is 0 Å². The van der Waals surface area contributed by atoms with Crippen molar-refractivity contribution in [2.75, 3.05) is 7.05 Å². The molecule has 6 nitrogen and oxygen atoms in total. The number of nitrogens with one attached hydrogen (secondary N) is 2. The van der Waals surface area contributed by atoms with Crippen LogP contribution in [0.25, 0.3) is 0 Å². The van der Waals surface area contributed by atoms with Gasteiger partial charge in [-0.25, -0.2) is 0 Å². The number of carbonyl (C=O) groups is 1. The van der Waals surface area contributed by atoms with E-state index in [0.29, 0.717) is 0 Å². The Morgan fingerprint density at radius 1 is 1.16 bits per heavy atom. The summed E-state index contributed by atoms with van der Waals surface area (Å²) < 4.78 is 0. The lowest BCUT2D eigenvalue weighted by Crippen LogP contribution is -2.68. The average Bonchev–Trinajstić information content (AvgIpc) is 3.27. The fraction of sp³-hybridized carbons (Fsp3) is 0.421. The fourth-order valence-electron chi connectivity index (χ4n) is 4.57. The first-order valence-electron chi connectivity index (χ1n) is 8.90. The Labute approximate surface area is 147 Å². The van der Waals surface area contributed by atoms with Gasteiger partial charge in [-0.1, -0.05) is 42.5 Å². The molecule has 6 heteroatoms. The van der Waals surface area contributed by atoms with Crippen LogP contribution in [0.15, 0.2) is 54.3 Å². The number of rotatable bonds is 2. The van der Waals surface area contributed by atoms with Gasteiger partial charge in [0.05, 0.1) is 12.2 Å². The van der Waals surface area contributed by atoms with Crippen LogP contribution in [0.1, 0.15) is 12.5 Å². The molecule has 5 rings (SSSR count). The Kier molecular flexibility index (Phi) is 3.28. The molecule has 3 fully saturated rings. The van der Waals surface area contributed by atoms with Crippen molar-refractivity contribution in [2.24, 2.45) is 0 Å². The van der Waals surface area contributed by atoms with Crippen LogP contribution in [0.5, 0.6) is 0 Å². The summed E-state index contributed by atoms with van der Waals surface area (Å²) in [6, 6.07) is 10.4. The van der Waals surface area contributed by atoms with E-state index in [-0.39, 0.29) is 36.6 Å². The summed E-state index contributed by atoms with van der Waals surface area (Å²) in [6.45, 7) is 2.91. The molecule has 130 valence electrons. The molecule has 1 aromatic carbocycles. The average molecular weight is 337 g/mol. The van der Waals surface area contributed by atoms with Gasteiger partial charge in [0.15, 0.2) is 6.29 Å². The second kappa shape index (κ2) is 5.42. The van der Waals surface area contributed by atoms with Crippen molar-refractivity contribution in [3.63, 3.8) is 0 Å². The maximum absolute atomic E-state index is 13.2. The van der Waals surface area contributed by atoms with Gasteiger partial charge in [0.25, 0.3) is 0 Å². The van der Waals surface area contributed by atoms with E-state index in [2.05, 4.69) is 69.9 Å². The maximum atomic E-state index is 13.2. The van der Waals surface area contributed by atoms with Crippen LogP contribution < -0.4 is 10.6 Å². The highest BCUT2D eigenvalue weighted by molar-refractivity contribution is 5.84. The van der Waals surface area contributed by atoms with Crippen LogP contribution in [0.4, 0.5) is 0 Å². The van der Waals surface area contributed by atoms with Gasteiger partial charge < -0.3 is 9.80 Å². The van der Waals surface area contributed by atoms with E-state index in [9.17, 15) is 4.79 Å². The molecule has 2 N–H and O–H groups in total. The molecule has 5 atom stereocenters. The van der Waals surface area contributed by atoms with E-state index >= 15 is 0 Å². The van der Waals surface area contributed by atoms with E-state index in [1.54, 1.807) is 0 Å². The Hall–Kier alpha value is -2.15. The lowest BCUT2D eigenvalue weighted by Gasteiger charge is -2.46. The second-order valence-corrected chi connectivity index (χ2v) is 7.24. The van der Waals surface area contributed by atoms with Crippen LogP contribution in [0, 0.1) is 0 Å². The molecule has 1 aromatic rings. The first-order valence-corrected chi connectivity index (χ1v) is 8.90. The molecule has 4 aliphatic rings. The molecule has 1 amide bonds. The van der Waals surface area contributed by atoms with Crippen molar-refractivity contribution < 1.29 is 4.79 Å². The molecule has 0 saturated carbocycles. The Bertz CT molecular complexity index is 760. The number of allylic oxidation sites excluding steroid dienone is 2. The number of benzene rings is 1. The zero-order chi connectivity index (χ0) is 17.1. The summed E-state index contributed by atoms with van der Waals surface area (Å²) >= 11 is 0. The summed E-state index contributed by atoms with van der Waals surface area (Å²) in [4.78, 5) is 19.6. The van der Waals surface area contributed by atoms with E-state index in [4.69, 9.17) is 0 Å².